The first-order chi connectivity index (χ1) is 12.7. The van der Waals surface area contributed by atoms with Gasteiger partial charge in [-0.15, -0.1) is 0 Å². The number of anilines is 2. The van der Waals surface area contributed by atoms with Crippen LogP contribution in [-0.4, -0.2) is 94.9 Å². The van der Waals surface area contributed by atoms with Crippen LogP contribution in [0.5, 0.6) is 0 Å². The molecule has 0 aromatic heterocycles. The van der Waals surface area contributed by atoms with Crippen molar-refractivity contribution in [3.05, 3.63) is 24.3 Å². The highest BCUT2D eigenvalue weighted by Crippen LogP contribution is 2.19. The lowest BCUT2D eigenvalue weighted by Crippen LogP contribution is -2.44. The summed E-state index contributed by atoms with van der Waals surface area (Å²) >= 11 is 0. The summed E-state index contributed by atoms with van der Waals surface area (Å²) in [5.41, 5.74) is 2.23. The first-order valence-corrected chi connectivity index (χ1v) is 9.55. The maximum absolute atomic E-state index is 12.0. The maximum Gasteiger partial charge on any atom is 0.239 e. The van der Waals surface area contributed by atoms with Crippen LogP contribution in [0.1, 0.15) is 0 Å². The molecule has 2 heterocycles. The zero-order valence-electron chi connectivity index (χ0n) is 15.7. The highest BCUT2D eigenvalue weighted by atomic mass is 16.5. The monoisotopic (exact) mass is 361 g/mol. The molecule has 0 aliphatic carbocycles. The number of nitrogens with zero attached hydrogens (tertiary/aromatic N) is 3. The molecule has 1 amide bonds. The van der Waals surface area contributed by atoms with Crippen LogP contribution in [0.25, 0.3) is 0 Å². The highest BCUT2D eigenvalue weighted by molar-refractivity contribution is 5.80. The number of amides is 1. The fraction of sp³-hybridized carbons (Fsp3) is 0.632. The number of nitrogens with one attached hydrogen (secondary N) is 2. The Morgan fingerprint density at radius 2 is 1.73 bits per heavy atom. The van der Waals surface area contributed by atoms with Gasteiger partial charge in [-0.05, 0) is 31.3 Å². The number of likely N-dealkylation sites (N-methyl/N-ethyl adjacent to an activating group) is 1. The van der Waals surface area contributed by atoms with Gasteiger partial charge in [-0.25, -0.2) is 0 Å². The largest absolute Gasteiger partial charge is 0.379 e. The van der Waals surface area contributed by atoms with Crippen LogP contribution >= 0.6 is 0 Å². The molecule has 2 fully saturated rings. The lowest BCUT2D eigenvalue weighted by Gasteiger charge is -2.34. The molecule has 0 unspecified atom stereocenters. The van der Waals surface area contributed by atoms with E-state index in [1.165, 1.54) is 5.69 Å². The minimum absolute atomic E-state index is 0.0291. The van der Waals surface area contributed by atoms with Crippen LogP contribution in [-0.2, 0) is 9.53 Å². The van der Waals surface area contributed by atoms with Crippen LogP contribution in [0.4, 0.5) is 11.4 Å². The van der Waals surface area contributed by atoms with E-state index in [-0.39, 0.29) is 5.91 Å². The standard InChI is InChI=1S/C19H31N5O2/c1-22-8-10-24(11-9-22)18-4-2-17(3-5-18)21-16-19(25)20-6-7-23-12-14-26-15-13-23/h2-5,21H,6-16H2,1H3,(H,20,25). The van der Waals surface area contributed by atoms with Gasteiger partial charge >= 0.3 is 0 Å². The number of benzene rings is 1. The number of piperazine rings is 1. The van der Waals surface area contributed by atoms with Crippen molar-refractivity contribution in [1.29, 1.82) is 0 Å². The van der Waals surface area contributed by atoms with Gasteiger partial charge in [-0.1, -0.05) is 0 Å². The van der Waals surface area contributed by atoms with Crippen molar-refractivity contribution < 1.29 is 9.53 Å². The van der Waals surface area contributed by atoms with Gasteiger partial charge in [0.05, 0.1) is 19.8 Å². The molecule has 1 aromatic carbocycles. The van der Waals surface area contributed by atoms with E-state index < -0.39 is 0 Å². The van der Waals surface area contributed by atoms with E-state index in [0.29, 0.717) is 13.1 Å². The summed E-state index contributed by atoms with van der Waals surface area (Å²) in [7, 11) is 2.16. The Labute approximate surface area is 156 Å². The van der Waals surface area contributed by atoms with E-state index in [9.17, 15) is 4.79 Å². The number of rotatable bonds is 7. The molecule has 0 atom stereocenters. The van der Waals surface area contributed by atoms with Crippen LogP contribution in [0, 0.1) is 0 Å². The first-order valence-electron chi connectivity index (χ1n) is 9.55. The molecule has 0 bridgehead atoms. The minimum Gasteiger partial charge on any atom is -0.379 e. The van der Waals surface area contributed by atoms with E-state index in [0.717, 1.165) is 64.7 Å². The summed E-state index contributed by atoms with van der Waals surface area (Å²) < 4.78 is 5.32. The van der Waals surface area contributed by atoms with Gasteiger partial charge in [0.25, 0.3) is 0 Å². The van der Waals surface area contributed by atoms with Crippen molar-refractivity contribution in [3.63, 3.8) is 0 Å². The predicted molar refractivity (Wildman–Crippen MR) is 105 cm³/mol. The van der Waals surface area contributed by atoms with E-state index >= 15 is 0 Å². The molecule has 26 heavy (non-hydrogen) atoms. The summed E-state index contributed by atoms with van der Waals surface area (Å²) in [5, 5.41) is 6.17. The zero-order valence-corrected chi connectivity index (χ0v) is 15.7. The molecule has 1 aromatic rings. The highest BCUT2D eigenvalue weighted by Gasteiger charge is 2.14. The Balaban J connectivity index is 1.34. The SMILES string of the molecule is CN1CCN(c2ccc(NCC(=O)NCCN3CCOCC3)cc2)CC1. The average molecular weight is 361 g/mol. The molecule has 2 saturated heterocycles. The van der Waals surface area contributed by atoms with Crippen LogP contribution < -0.4 is 15.5 Å². The lowest BCUT2D eigenvalue weighted by atomic mass is 10.2. The Hall–Kier alpha value is -1.83. The molecule has 2 aliphatic rings. The molecule has 0 spiro atoms. The molecule has 0 saturated carbocycles. The summed E-state index contributed by atoms with van der Waals surface area (Å²) in [6, 6.07) is 8.36. The van der Waals surface area contributed by atoms with Gasteiger partial charge in [-0.2, -0.15) is 0 Å². The van der Waals surface area contributed by atoms with Crippen molar-refractivity contribution in [3.8, 4) is 0 Å². The average Bonchev–Trinajstić information content (AvgIpc) is 2.68. The quantitative estimate of drug-likeness (QED) is 0.729. The third-order valence-corrected chi connectivity index (χ3v) is 5.04. The first kappa shape index (κ1) is 18.9. The summed E-state index contributed by atoms with van der Waals surface area (Å²) in [6.07, 6.45) is 0. The van der Waals surface area contributed by atoms with E-state index in [4.69, 9.17) is 4.74 Å². The van der Waals surface area contributed by atoms with E-state index in [1.54, 1.807) is 0 Å². The van der Waals surface area contributed by atoms with Crippen molar-refractivity contribution >= 4 is 17.3 Å². The third-order valence-electron chi connectivity index (χ3n) is 5.04. The number of ether oxygens (including phenoxy) is 1. The van der Waals surface area contributed by atoms with E-state index in [1.807, 2.05) is 0 Å². The number of carbonyl (C=O) groups excluding carboxylic acids is 1. The third kappa shape index (κ3) is 5.86. The van der Waals surface area contributed by atoms with Crippen LogP contribution in [0.15, 0.2) is 24.3 Å². The van der Waals surface area contributed by atoms with Crippen molar-refractivity contribution in [2.75, 3.05) is 89.4 Å². The molecule has 7 nitrogen and oxygen atoms in total. The number of morpholine rings is 1. The maximum atomic E-state index is 12.0. The molecular formula is C19H31N5O2. The summed E-state index contributed by atoms with van der Waals surface area (Å²) in [5.74, 6) is 0.0291. The van der Waals surface area contributed by atoms with Crippen molar-refractivity contribution in [1.82, 2.24) is 15.1 Å². The second-order valence-electron chi connectivity index (χ2n) is 6.99. The summed E-state index contributed by atoms with van der Waals surface area (Å²) in [4.78, 5) is 19.0. The molecule has 2 aliphatic heterocycles. The Morgan fingerprint density at radius 1 is 1.04 bits per heavy atom. The topological polar surface area (TPSA) is 60.1 Å². The second-order valence-corrected chi connectivity index (χ2v) is 6.99. The predicted octanol–water partition coefficient (Wildman–Crippen LogP) is 0.299. The smallest absolute Gasteiger partial charge is 0.239 e. The summed E-state index contributed by atoms with van der Waals surface area (Å²) in [6.45, 7) is 9.69. The molecule has 2 N–H and O–H groups in total. The van der Waals surface area contributed by atoms with Crippen molar-refractivity contribution in [2.24, 2.45) is 0 Å². The second kappa shape index (κ2) is 9.75. The van der Waals surface area contributed by atoms with Gasteiger partial charge < -0.3 is 25.2 Å². The number of hydrogen-bond acceptors (Lipinski definition) is 6. The van der Waals surface area contributed by atoms with Gasteiger partial charge in [0.15, 0.2) is 0 Å². The van der Waals surface area contributed by atoms with Gasteiger partial charge in [0.2, 0.25) is 5.91 Å². The number of hydrogen-bond donors (Lipinski definition) is 2. The van der Waals surface area contributed by atoms with Crippen molar-refractivity contribution in [2.45, 2.75) is 0 Å². The van der Waals surface area contributed by atoms with Gasteiger partial charge in [0, 0.05) is 63.7 Å². The lowest BCUT2D eigenvalue weighted by molar-refractivity contribution is -0.119. The fourth-order valence-corrected chi connectivity index (χ4v) is 3.28. The molecule has 0 radical (unpaired) electrons. The zero-order chi connectivity index (χ0) is 18.2. The molecule has 3 rings (SSSR count). The fourth-order valence-electron chi connectivity index (χ4n) is 3.28. The minimum atomic E-state index is 0.0291. The van der Waals surface area contributed by atoms with Crippen LogP contribution in [0.2, 0.25) is 0 Å². The molecule has 7 heteroatoms. The van der Waals surface area contributed by atoms with Crippen LogP contribution in [0.3, 0.4) is 0 Å². The number of carbonyl (C=O) groups is 1. The van der Waals surface area contributed by atoms with E-state index in [2.05, 4.69) is 56.6 Å². The Kier molecular flexibility index (Phi) is 7.11. The normalized spacial score (nSPS) is 19.3. The molecular weight excluding hydrogens is 330 g/mol. The molecule has 144 valence electrons. The Bertz CT molecular complexity index is 552. The van der Waals surface area contributed by atoms with Gasteiger partial charge in [-0.3, -0.25) is 9.69 Å². The Morgan fingerprint density at radius 3 is 2.42 bits per heavy atom. The van der Waals surface area contributed by atoms with Gasteiger partial charge in [0.1, 0.15) is 0 Å².